The van der Waals surface area contributed by atoms with E-state index >= 15 is 0 Å². The van der Waals surface area contributed by atoms with Gasteiger partial charge in [-0.25, -0.2) is 0 Å². The second-order valence-corrected chi connectivity index (χ2v) is 5.66. The summed E-state index contributed by atoms with van der Waals surface area (Å²) in [5.41, 5.74) is 7.62. The van der Waals surface area contributed by atoms with Crippen LogP contribution in [0.25, 0.3) is 0 Å². The molecule has 0 radical (unpaired) electrons. The molecule has 1 atom stereocenters. The number of anilines is 1. The third kappa shape index (κ3) is 5.19. The second-order valence-electron chi connectivity index (χ2n) is 5.66. The van der Waals surface area contributed by atoms with Crippen molar-refractivity contribution in [2.45, 2.75) is 39.7 Å². The van der Waals surface area contributed by atoms with Crippen LogP contribution in [0.2, 0.25) is 0 Å². The van der Waals surface area contributed by atoms with E-state index in [9.17, 15) is 9.59 Å². The van der Waals surface area contributed by atoms with Crippen molar-refractivity contribution < 1.29 is 14.7 Å². The zero-order valence-corrected chi connectivity index (χ0v) is 12.9. The highest BCUT2D eigenvalue weighted by Crippen LogP contribution is 2.21. The topological polar surface area (TPSA) is 83.6 Å². The zero-order chi connectivity index (χ0) is 16.0. The highest BCUT2D eigenvalue weighted by Gasteiger charge is 2.24. The number of amides is 1. The Morgan fingerprint density at radius 2 is 1.90 bits per heavy atom. The Hall–Kier alpha value is -1.88. The molecular formula is C16H24N2O3. The molecule has 3 N–H and O–H groups in total. The maximum absolute atomic E-state index is 12.6. The summed E-state index contributed by atoms with van der Waals surface area (Å²) in [6, 6.07) is 6.81. The molecule has 1 rings (SSSR count). The summed E-state index contributed by atoms with van der Waals surface area (Å²) in [4.78, 5) is 24.9. The number of hydrogen-bond acceptors (Lipinski definition) is 3. The van der Waals surface area contributed by atoms with Gasteiger partial charge in [-0.15, -0.1) is 0 Å². The van der Waals surface area contributed by atoms with Crippen molar-refractivity contribution in [2.75, 3.05) is 11.4 Å². The number of benzene rings is 1. The van der Waals surface area contributed by atoms with Crippen molar-refractivity contribution in [3.8, 4) is 0 Å². The molecule has 0 saturated heterocycles. The van der Waals surface area contributed by atoms with Crippen molar-refractivity contribution in [3.63, 3.8) is 0 Å². The van der Waals surface area contributed by atoms with Crippen LogP contribution in [0, 0.1) is 12.8 Å². The van der Waals surface area contributed by atoms with Gasteiger partial charge in [-0.1, -0.05) is 32.0 Å². The molecule has 1 unspecified atom stereocenters. The minimum Gasteiger partial charge on any atom is -0.481 e. The molecule has 0 saturated carbocycles. The number of para-hydroxylation sites is 1. The summed E-state index contributed by atoms with van der Waals surface area (Å²) < 4.78 is 0. The number of aliphatic carboxylic acids is 1. The van der Waals surface area contributed by atoms with Gasteiger partial charge in [0.25, 0.3) is 0 Å². The number of rotatable bonds is 7. The Morgan fingerprint density at radius 3 is 2.43 bits per heavy atom. The number of nitrogens with two attached hydrogens (primary N) is 1. The van der Waals surface area contributed by atoms with E-state index in [1.54, 1.807) is 0 Å². The predicted octanol–water partition coefficient (Wildman–Crippen LogP) is 2.18. The van der Waals surface area contributed by atoms with Crippen LogP contribution in [-0.4, -0.2) is 29.6 Å². The van der Waals surface area contributed by atoms with E-state index in [2.05, 4.69) is 0 Å². The van der Waals surface area contributed by atoms with Gasteiger partial charge in [-0.3, -0.25) is 9.59 Å². The summed E-state index contributed by atoms with van der Waals surface area (Å²) in [6.45, 7) is 6.03. The van der Waals surface area contributed by atoms with E-state index in [0.717, 1.165) is 11.3 Å². The minimum absolute atomic E-state index is 0.103. The fraction of sp³-hybridized carbons (Fsp3) is 0.500. The maximum atomic E-state index is 12.6. The van der Waals surface area contributed by atoms with E-state index in [-0.39, 0.29) is 18.9 Å². The zero-order valence-electron chi connectivity index (χ0n) is 12.9. The summed E-state index contributed by atoms with van der Waals surface area (Å²) in [5, 5.41) is 8.88. The number of carboxylic acid groups (broad SMARTS) is 1. The van der Waals surface area contributed by atoms with Crippen LogP contribution >= 0.6 is 0 Å². The highest BCUT2D eigenvalue weighted by molar-refractivity contribution is 5.98. The quantitative estimate of drug-likeness (QED) is 0.806. The normalized spacial score (nSPS) is 12.2. The second kappa shape index (κ2) is 7.78. The largest absolute Gasteiger partial charge is 0.481 e. The first-order chi connectivity index (χ1) is 9.82. The van der Waals surface area contributed by atoms with Gasteiger partial charge in [0.15, 0.2) is 0 Å². The Morgan fingerprint density at radius 1 is 1.29 bits per heavy atom. The molecule has 0 aliphatic carbocycles. The lowest BCUT2D eigenvalue weighted by molar-refractivity contribution is -0.136. The number of carbonyl (C=O) groups excluding carboxylic acids is 1. The smallest absolute Gasteiger partial charge is 0.305 e. The van der Waals surface area contributed by atoms with Crippen LogP contribution in [-0.2, 0) is 9.59 Å². The van der Waals surface area contributed by atoms with E-state index in [4.69, 9.17) is 10.8 Å². The van der Waals surface area contributed by atoms with Crippen molar-refractivity contribution in [2.24, 2.45) is 11.7 Å². The molecule has 1 amide bonds. The molecule has 116 valence electrons. The lowest BCUT2D eigenvalue weighted by Gasteiger charge is -2.27. The molecule has 5 nitrogen and oxygen atoms in total. The standard InChI is InChI=1S/C16H24N2O3/c1-11(2)10-13(17)16(21)18(9-8-15(19)20)14-7-5-4-6-12(14)3/h4-7,11,13H,8-10,17H2,1-3H3,(H,19,20). The monoisotopic (exact) mass is 292 g/mol. The van der Waals surface area contributed by atoms with Crippen LogP contribution in [0.3, 0.4) is 0 Å². The molecular weight excluding hydrogens is 268 g/mol. The fourth-order valence-corrected chi connectivity index (χ4v) is 2.23. The Labute approximate surface area is 125 Å². The van der Waals surface area contributed by atoms with Gasteiger partial charge in [-0.2, -0.15) is 0 Å². The molecule has 0 heterocycles. The van der Waals surface area contributed by atoms with Crippen molar-refractivity contribution in [3.05, 3.63) is 29.8 Å². The first-order valence-corrected chi connectivity index (χ1v) is 7.17. The Balaban J connectivity index is 2.99. The molecule has 21 heavy (non-hydrogen) atoms. The van der Waals surface area contributed by atoms with Gasteiger partial charge >= 0.3 is 5.97 Å². The summed E-state index contributed by atoms with van der Waals surface area (Å²) in [6.07, 6.45) is 0.475. The van der Waals surface area contributed by atoms with Gasteiger partial charge in [0.1, 0.15) is 0 Å². The molecule has 1 aromatic rings. The first kappa shape index (κ1) is 17.2. The Kier molecular flexibility index (Phi) is 6.37. The van der Waals surface area contributed by atoms with Crippen LogP contribution in [0.4, 0.5) is 5.69 Å². The van der Waals surface area contributed by atoms with Crippen molar-refractivity contribution in [1.82, 2.24) is 0 Å². The molecule has 1 aromatic carbocycles. The number of carboxylic acids is 1. The lowest BCUT2D eigenvalue weighted by atomic mass is 10.0. The molecule has 0 aliphatic heterocycles. The van der Waals surface area contributed by atoms with E-state index in [1.165, 1.54) is 4.90 Å². The summed E-state index contributed by atoms with van der Waals surface area (Å²) in [5.74, 6) is -0.847. The van der Waals surface area contributed by atoms with E-state index < -0.39 is 12.0 Å². The van der Waals surface area contributed by atoms with Gasteiger partial charge in [0.2, 0.25) is 5.91 Å². The maximum Gasteiger partial charge on any atom is 0.305 e. The molecule has 0 aromatic heterocycles. The van der Waals surface area contributed by atoms with Crippen LogP contribution in [0.1, 0.15) is 32.3 Å². The van der Waals surface area contributed by atoms with Crippen molar-refractivity contribution in [1.29, 1.82) is 0 Å². The third-order valence-corrected chi connectivity index (χ3v) is 3.26. The molecule has 0 spiro atoms. The van der Waals surface area contributed by atoms with Gasteiger partial charge < -0.3 is 15.7 Å². The van der Waals surface area contributed by atoms with E-state index in [1.807, 2.05) is 45.0 Å². The molecule has 0 bridgehead atoms. The predicted molar refractivity (Wildman–Crippen MR) is 83.2 cm³/mol. The number of carbonyl (C=O) groups is 2. The lowest BCUT2D eigenvalue weighted by Crippen LogP contribution is -2.45. The highest BCUT2D eigenvalue weighted by atomic mass is 16.4. The average Bonchev–Trinajstić information content (AvgIpc) is 2.39. The number of aryl methyl sites for hydroxylation is 1. The average molecular weight is 292 g/mol. The van der Waals surface area contributed by atoms with Gasteiger partial charge in [0.05, 0.1) is 12.5 Å². The first-order valence-electron chi connectivity index (χ1n) is 7.17. The SMILES string of the molecule is Cc1ccccc1N(CCC(=O)O)C(=O)C(N)CC(C)C. The number of hydrogen-bond donors (Lipinski definition) is 2. The fourth-order valence-electron chi connectivity index (χ4n) is 2.23. The van der Waals surface area contributed by atoms with Gasteiger partial charge in [-0.05, 0) is 30.9 Å². The number of nitrogens with zero attached hydrogens (tertiary/aromatic N) is 1. The summed E-state index contributed by atoms with van der Waals surface area (Å²) in [7, 11) is 0. The van der Waals surface area contributed by atoms with Crippen LogP contribution < -0.4 is 10.6 Å². The Bertz CT molecular complexity index is 500. The van der Waals surface area contributed by atoms with Crippen LogP contribution in [0.15, 0.2) is 24.3 Å². The van der Waals surface area contributed by atoms with Crippen molar-refractivity contribution >= 4 is 17.6 Å². The van der Waals surface area contributed by atoms with Crippen LogP contribution in [0.5, 0.6) is 0 Å². The minimum atomic E-state index is -0.932. The molecule has 0 aliphatic rings. The van der Waals surface area contributed by atoms with E-state index in [0.29, 0.717) is 12.3 Å². The molecule has 0 fully saturated rings. The van der Waals surface area contributed by atoms with Gasteiger partial charge in [0, 0.05) is 12.2 Å². The summed E-state index contributed by atoms with van der Waals surface area (Å²) >= 11 is 0. The molecule has 5 heteroatoms. The third-order valence-electron chi connectivity index (χ3n) is 3.26.